The Morgan fingerprint density at radius 1 is 1.30 bits per heavy atom. The van der Waals surface area contributed by atoms with Crippen LogP contribution in [0.4, 0.5) is 0 Å². The minimum Gasteiger partial charge on any atom is -0.480 e. The van der Waals surface area contributed by atoms with Crippen molar-refractivity contribution in [1.82, 2.24) is 15.5 Å². The van der Waals surface area contributed by atoms with Crippen LogP contribution in [0.1, 0.15) is 26.2 Å². The van der Waals surface area contributed by atoms with Crippen molar-refractivity contribution in [3.8, 4) is 0 Å². The third-order valence-electron chi connectivity index (χ3n) is 4.27. The van der Waals surface area contributed by atoms with E-state index in [1.807, 2.05) is 6.26 Å². The average molecular weight is 421 g/mol. The summed E-state index contributed by atoms with van der Waals surface area (Å²) >= 11 is 5.56. The number of hydrogen-bond acceptors (Lipinski definition) is 7. The molecular weight excluding hydrogens is 392 g/mol. The van der Waals surface area contributed by atoms with Crippen molar-refractivity contribution < 1.29 is 24.3 Å². The quantitative estimate of drug-likeness (QED) is 0.287. The van der Waals surface area contributed by atoms with Gasteiger partial charge in [0.1, 0.15) is 18.1 Å². The van der Waals surface area contributed by atoms with Gasteiger partial charge in [0.25, 0.3) is 0 Å². The van der Waals surface area contributed by atoms with Crippen LogP contribution in [0.15, 0.2) is 0 Å². The Hall–Kier alpha value is -1.46. The van der Waals surface area contributed by atoms with E-state index in [-0.39, 0.29) is 18.1 Å². The number of thioether (sulfide) groups is 1. The number of hydrogen-bond donors (Lipinski definition) is 5. The topological polar surface area (TPSA) is 142 Å². The predicted octanol–water partition coefficient (Wildman–Crippen LogP) is -0.938. The molecule has 0 aromatic heterocycles. The van der Waals surface area contributed by atoms with Crippen LogP contribution in [-0.2, 0) is 19.2 Å². The molecule has 0 aromatic rings. The molecule has 4 atom stereocenters. The van der Waals surface area contributed by atoms with Crippen LogP contribution in [0.25, 0.3) is 0 Å². The molecule has 154 valence electrons. The van der Waals surface area contributed by atoms with Gasteiger partial charge in [0.15, 0.2) is 0 Å². The fourth-order valence-corrected chi connectivity index (χ4v) is 3.52. The molecule has 1 aliphatic rings. The summed E-state index contributed by atoms with van der Waals surface area (Å²) in [5.41, 5.74) is 5.62. The van der Waals surface area contributed by atoms with E-state index in [1.54, 1.807) is 6.92 Å². The van der Waals surface area contributed by atoms with Gasteiger partial charge in [0.2, 0.25) is 17.7 Å². The molecule has 1 rings (SSSR count). The van der Waals surface area contributed by atoms with E-state index in [1.165, 1.54) is 16.7 Å². The fourth-order valence-electron chi connectivity index (χ4n) is 2.79. The number of carbonyl (C=O) groups excluding carboxylic acids is 3. The highest BCUT2D eigenvalue weighted by atomic mass is 32.2. The molecule has 27 heavy (non-hydrogen) atoms. The number of nitrogens with one attached hydrogen (secondary N) is 2. The van der Waals surface area contributed by atoms with Crippen molar-refractivity contribution in [2.45, 2.75) is 50.4 Å². The van der Waals surface area contributed by atoms with E-state index in [0.29, 0.717) is 25.1 Å². The van der Waals surface area contributed by atoms with Gasteiger partial charge in [-0.1, -0.05) is 0 Å². The molecule has 1 fully saturated rings. The number of likely N-dealkylation sites (tertiary alicyclic amines) is 1. The van der Waals surface area contributed by atoms with E-state index in [4.69, 9.17) is 5.73 Å². The van der Waals surface area contributed by atoms with Crippen molar-refractivity contribution in [2.24, 2.45) is 5.73 Å². The molecule has 0 saturated carbocycles. The van der Waals surface area contributed by atoms with Gasteiger partial charge in [0.05, 0.1) is 6.04 Å². The second kappa shape index (κ2) is 11.4. The molecule has 0 bridgehead atoms. The van der Waals surface area contributed by atoms with Crippen molar-refractivity contribution in [3.63, 3.8) is 0 Å². The Kier molecular flexibility index (Phi) is 9.95. The Morgan fingerprint density at radius 2 is 1.96 bits per heavy atom. The van der Waals surface area contributed by atoms with Gasteiger partial charge in [-0.15, -0.1) is 0 Å². The average Bonchev–Trinajstić information content (AvgIpc) is 3.11. The van der Waals surface area contributed by atoms with E-state index < -0.39 is 42.0 Å². The number of carboxylic acids is 1. The first-order valence-corrected chi connectivity index (χ1v) is 10.7. The first kappa shape index (κ1) is 23.6. The molecule has 0 aromatic carbocycles. The molecule has 4 unspecified atom stereocenters. The second-order valence-electron chi connectivity index (χ2n) is 6.40. The highest BCUT2D eigenvalue weighted by Crippen LogP contribution is 2.18. The Bertz CT molecular complexity index is 561. The second-order valence-corrected chi connectivity index (χ2v) is 7.75. The van der Waals surface area contributed by atoms with E-state index in [2.05, 4.69) is 23.3 Å². The maximum absolute atomic E-state index is 12.6. The summed E-state index contributed by atoms with van der Waals surface area (Å²) in [6.07, 6.45) is 3.27. The van der Waals surface area contributed by atoms with Crippen LogP contribution in [0.2, 0.25) is 0 Å². The maximum Gasteiger partial charge on any atom is 0.326 e. The van der Waals surface area contributed by atoms with Crippen LogP contribution < -0.4 is 16.4 Å². The Morgan fingerprint density at radius 3 is 2.48 bits per heavy atom. The molecule has 1 heterocycles. The molecule has 3 amide bonds. The predicted molar refractivity (Wildman–Crippen MR) is 107 cm³/mol. The molecule has 0 spiro atoms. The largest absolute Gasteiger partial charge is 0.480 e. The first-order chi connectivity index (χ1) is 12.7. The number of carboxylic acid groups (broad SMARTS) is 1. The van der Waals surface area contributed by atoms with Crippen molar-refractivity contribution >= 4 is 48.1 Å². The Balaban J connectivity index is 2.72. The van der Waals surface area contributed by atoms with E-state index in [0.717, 1.165) is 0 Å². The minimum absolute atomic E-state index is 0.000395. The smallest absolute Gasteiger partial charge is 0.326 e. The van der Waals surface area contributed by atoms with Gasteiger partial charge >= 0.3 is 5.97 Å². The summed E-state index contributed by atoms with van der Waals surface area (Å²) in [5, 5.41) is 14.2. The van der Waals surface area contributed by atoms with Crippen molar-refractivity contribution in [2.75, 3.05) is 24.3 Å². The first-order valence-electron chi connectivity index (χ1n) is 8.72. The summed E-state index contributed by atoms with van der Waals surface area (Å²) in [6, 6.07) is -3.43. The number of thiol groups is 1. The van der Waals surface area contributed by atoms with E-state index in [9.17, 15) is 24.3 Å². The van der Waals surface area contributed by atoms with Gasteiger partial charge in [0, 0.05) is 12.3 Å². The normalized spacial score (nSPS) is 19.9. The van der Waals surface area contributed by atoms with Crippen molar-refractivity contribution in [1.29, 1.82) is 0 Å². The summed E-state index contributed by atoms with van der Waals surface area (Å²) in [5.74, 6) is -1.96. The summed E-state index contributed by atoms with van der Waals surface area (Å²) in [6.45, 7) is 1.99. The maximum atomic E-state index is 12.6. The standard InChI is InChI=1S/C16H28N4O5S2/c1-9(17)15(23)20-6-3-4-12(20)14(22)19-11(8-26)13(21)18-10(16(24)25)5-7-27-2/h9-12,26H,3-8,17H2,1-2H3,(H,18,21)(H,19,22)(H,24,25). The molecule has 1 saturated heterocycles. The monoisotopic (exact) mass is 420 g/mol. The molecule has 0 radical (unpaired) electrons. The van der Waals surface area contributed by atoms with Crippen molar-refractivity contribution in [3.05, 3.63) is 0 Å². The lowest BCUT2D eigenvalue weighted by Gasteiger charge is -2.27. The molecule has 11 heteroatoms. The summed E-state index contributed by atoms with van der Waals surface area (Å²) < 4.78 is 0. The molecule has 0 aliphatic carbocycles. The third kappa shape index (κ3) is 6.89. The van der Waals surface area contributed by atoms with Gasteiger partial charge in [-0.2, -0.15) is 24.4 Å². The van der Waals surface area contributed by atoms with Gasteiger partial charge in [-0.25, -0.2) is 4.79 Å². The number of amides is 3. The molecule has 9 nitrogen and oxygen atoms in total. The molecule has 1 aliphatic heterocycles. The lowest BCUT2D eigenvalue weighted by Crippen LogP contribution is -2.57. The van der Waals surface area contributed by atoms with Gasteiger partial charge in [-0.3, -0.25) is 14.4 Å². The molecular formula is C16H28N4O5S2. The number of nitrogens with zero attached hydrogens (tertiary/aromatic N) is 1. The zero-order valence-corrected chi connectivity index (χ0v) is 17.2. The minimum atomic E-state index is -1.13. The third-order valence-corrected chi connectivity index (χ3v) is 5.28. The number of carbonyl (C=O) groups is 4. The van der Waals surface area contributed by atoms with Crippen LogP contribution >= 0.6 is 24.4 Å². The number of nitrogens with two attached hydrogens (primary N) is 1. The fraction of sp³-hybridized carbons (Fsp3) is 0.750. The van der Waals surface area contributed by atoms with Crippen LogP contribution in [0.3, 0.4) is 0 Å². The lowest BCUT2D eigenvalue weighted by atomic mass is 10.1. The summed E-state index contributed by atoms with van der Waals surface area (Å²) in [7, 11) is 0. The van der Waals surface area contributed by atoms with Crippen LogP contribution in [0, 0.1) is 0 Å². The number of rotatable bonds is 10. The Labute approximate surface area is 168 Å². The molecule has 5 N–H and O–H groups in total. The van der Waals surface area contributed by atoms with Crippen LogP contribution in [-0.4, -0.2) is 82.2 Å². The van der Waals surface area contributed by atoms with E-state index >= 15 is 0 Å². The zero-order chi connectivity index (χ0) is 20.6. The van der Waals surface area contributed by atoms with Gasteiger partial charge < -0.3 is 26.4 Å². The van der Waals surface area contributed by atoms with Gasteiger partial charge in [-0.05, 0) is 38.2 Å². The highest BCUT2D eigenvalue weighted by molar-refractivity contribution is 7.98. The SMILES string of the molecule is CSCCC(NC(=O)C(CS)NC(=O)C1CCCN1C(=O)C(C)N)C(=O)O. The van der Waals surface area contributed by atoms with Crippen LogP contribution in [0.5, 0.6) is 0 Å². The summed E-state index contributed by atoms with van der Waals surface area (Å²) in [4.78, 5) is 49.8. The highest BCUT2D eigenvalue weighted by Gasteiger charge is 2.36. The number of aliphatic carboxylic acids is 1. The zero-order valence-electron chi connectivity index (χ0n) is 15.5. The lowest BCUT2D eigenvalue weighted by molar-refractivity contribution is -0.142.